The van der Waals surface area contributed by atoms with Crippen molar-refractivity contribution >= 4 is 21.4 Å². The van der Waals surface area contributed by atoms with Gasteiger partial charge in [-0.15, -0.1) is 11.3 Å². The van der Waals surface area contributed by atoms with Crippen molar-refractivity contribution in [2.24, 2.45) is 0 Å². The van der Waals surface area contributed by atoms with Gasteiger partial charge in [0.25, 0.3) is 0 Å². The van der Waals surface area contributed by atoms with E-state index in [4.69, 9.17) is 5.26 Å². The van der Waals surface area contributed by atoms with E-state index in [0.717, 1.165) is 9.88 Å². The molecular weight excluding hydrogens is 294 g/mol. The van der Waals surface area contributed by atoms with Gasteiger partial charge in [-0.05, 0) is 24.6 Å². The third kappa shape index (κ3) is 4.13. The molecule has 0 unspecified atom stereocenters. The SMILES string of the molecule is Cc1ncc(CNS(=O)(=O)Cc2ccc(C#N)cc2)s1. The minimum atomic E-state index is -3.40. The Morgan fingerprint density at radius 2 is 2.05 bits per heavy atom. The average Bonchev–Trinajstić information content (AvgIpc) is 2.83. The van der Waals surface area contributed by atoms with Crippen molar-refractivity contribution in [1.82, 2.24) is 9.71 Å². The molecule has 1 N–H and O–H groups in total. The molecule has 0 radical (unpaired) electrons. The van der Waals surface area contributed by atoms with Crippen molar-refractivity contribution in [3.8, 4) is 6.07 Å². The van der Waals surface area contributed by atoms with Gasteiger partial charge in [0.15, 0.2) is 0 Å². The first-order chi connectivity index (χ1) is 9.48. The van der Waals surface area contributed by atoms with Gasteiger partial charge in [0.2, 0.25) is 10.0 Å². The van der Waals surface area contributed by atoms with Crippen molar-refractivity contribution in [3.05, 3.63) is 51.5 Å². The van der Waals surface area contributed by atoms with E-state index in [1.165, 1.54) is 11.3 Å². The van der Waals surface area contributed by atoms with Crippen molar-refractivity contribution in [2.45, 2.75) is 19.2 Å². The molecule has 1 aromatic carbocycles. The molecule has 0 saturated carbocycles. The molecule has 0 bridgehead atoms. The van der Waals surface area contributed by atoms with E-state index >= 15 is 0 Å². The van der Waals surface area contributed by atoms with Gasteiger partial charge in [-0.3, -0.25) is 0 Å². The molecule has 0 aliphatic rings. The normalized spacial score (nSPS) is 11.2. The average molecular weight is 307 g/mol. The van der Waals surface area contributed by atoms with Crippen LogP contribution in [0.5, 0.6) is 0 Å². The van der Waals surface area contributed by atoms with Crippen molar-refractivity contribution in [2.75, 3.05) is 0 Å². The molecule has 1 aromatic heterocycles. The standard InChI is InChI=1S/C13H13N3O2S2/c1-10-15-7-13(19-10)8-16-20(17,18)9-12-4-2-11(6-14)3-5-12/h2-5,7,16H,8-9H2,1H3. The first kappa shape index (κ1) is 14.7. The van der Waals surface area contributed by atoms with E-state index in [2.05, 4.69) is 9.71 Å². The third-order valence-corrected chi connectivity index (χ3v) is 4.79. The number of nitriles is 1. The van der Waals surface area contributed by atoms with E-state index in [9.17, 15) is 8.42 Å². The first-order valence-electron chi connectivity index (χ1n) is 5.86. The lowest BCUT2D eigenvalue weighted by atomic mass is 10.2. The van der Waals surface area contributed by atoms with E-state index in [1.54, 1.807) is 30.5 Å². The lowest BCUT2D eigenvalue weighted by Crippen LogP contribution is -2.24. The van der Waals surface area contributed by atoms with Crippen LogP contribution in [0.1, 0.15) is 21.0 Å². The van der Waals surface area contributed by atoms with E-state index in [-0.39, 0.29) is 12.3 Å². The zero-order valence-electron chi connectivity index (χ0n) is 10.8. The van der Waals surface area contributed by atoms with Crippen LogP contribution in [-0.4, -0.2) is 13.4 Å². The van der Waals surface area contributed by atoms with Gasteiger partial charge in [-0.2, -0.15) is 5.26 Å². The van der Waals surface area contributed by atoms with Crippen LogP contribution in [0.25, 0.3) is 0 Å². The fourth-order valence-electron chi connectivity index (χ4n) is 1.61. The maximum atomic E-state index is 11.9. The molecule has 0 spiro atoms. The zero-order chi connectivity index (χ0) is 14.6. The number of benzene rings is 1. The summed E-state index contributed by atoms with van der Waals surface area (Å²) in [5, 5.41) is 9.60. The Morgan fingerprint density at radius 1 is 1.35 bits per heavy atom. The lowest BCUT2D eigenvalue weighted by Gasteiger charge is -2.05. The number of aryl methyl sites for hydroxylation is 1. The second-order valence-electron chi connectivity index (χ2n) is 4.23. The van der Waals surface area contributed by atoms with Crippen LogP contribution >= 0.6 is 11.3 Å². The molecule has 20 heavy (non-hydrogen) atoms. The topological polar surface area (TPSA) is 82.8 Å². The van der Waals surface area contributed by atoms with Crippen LogP contribution in [0.15, 0.2) is 30.5 Å². The molecule has 0 amide bonds. The smallest absolute Gasteiger partial charge is 0.216 e. The Bertz CT molecular complexity index is 728. The van der Waals surface area contributed by atoms with Crippen LogP contribution < -0.4 is 4.72 Å². The summed E-state index contributed by atoms with van der Waals surface area (Å²) in [4.78, 5) is 4.95. The van der Waals surface area contributed by atoms with Crippen molar-refractivity contribution in [3.63, 3.8) is 0 Å². The van der Waals surface area contributed by atoms with Gasteiger partial charge in [0.05, 0.1) is 22.4 Å². The van der Waals surface area contributed by atoms with E-state index in [1.807, 2.05) is 13.0 Å². The number of hydrogen-bond donors (Lipinski definition) is 1. The third-order valence-electron chi connectivity index (χ3n) is 2.58. The summed E-state index contributed by atoms with van der Waals surface area (Å²) in [5.74, 6) is -0.101. The van der Waals surface area contributed by atoms with Gasteiger partial charge in [-0.1, -0.05) is 12.1 Å². The summed E-state index contributed by atoms with van der Waals surface area (Å²) in [6.07, 6.45) is 1.67. The second kappa shape index (κ2) is 6.13. The largest absolute Gasteiger partial charge is 0.250 e. The number of sulfonamides is 1. The first-order valence-corrected chi connectivity index (χ1v) is 8.33. The Morgan fingerprint density at radius 3 is 2.60 bits per heavy atom. The monoisotopic (exact) mass is 307 g/mol. The highest BCUT2D eigenvalue weighted by molar-refractivity contribution is 7.88. The molecule has 1 heterocycles. The summed E-state index contributed by atoms with van der Waals surface area (Å²) in [7, 11) is -3.40. The minimum absolute atomic E-state index is 0.101. The Hall–Kier alpha value is -1.75. The number of nitrogens with one attached hydrogen (secondary N) is 1. The molecule has 2 aromatic rings. The minimum Gasteiger partial charge on any atom is -0.250 e. The fourth-order valence-corrected chi connectivity index (χ4v) is 3.55. The molecule has 2 rings (SSSR count). The maximum absolute atomic E-state index is 11.9. The predicted octanol–water partition coefficient (Wildman–Crippen LogP) is 1.94. The zero-order valence-corrected chi connectivity index (χ0v) is 12.5. The van der Waals surface area contributed by atoms with Crippen LogP contribution in [0.3, 0.4) is 0 Å². The lowest BCUT2D eigenvalue weighted by molar-refractivity contribution is 0.581. The van der Waals surface area contributed by atoms with Gasteiger partial charge < -0.3 is 0 Å². The number of rotatable bonds is 5. The summed E-state index contributed by atoms with van der Waals surface area (Å²) < 4.78 is 26.4. The highest BCUT2D eigenvalue weighted by atomic mass is 32.2. The summed E-state index contributed by atoms with van der Waals surface area (Å²) in [5.41, 5.74) is 1.16. The molecular formula is C13H13N3O2S2. The molecule has 7 heteroatoms. The predicted molar refractivity (Wildman–Crippen MR) is 77.5 cm³/mol. The van der Waals surface area contributed by atoms with Crippen molar-refractivity contribution in [1.29, 1.82) is 5.26 Å². The quantitative estimate of drug-likeness (QED) is 0.915. The van der Waals surface area contributed by atoms with Crippen LogP contribution in [0.2, 0.25) is 0 Å². The van der Waals surface area contributed by atoms with Gasteiger partial charge in [-0.25, -0.2) is 18.1 Å². The second-order valence-corrected chi connectivity index (χ2v) is 7.36. The van der Waals surface area contributed by atoms with Crippen LogP contribution in [0.4, 0.5) is 0 Å². The summed E-state index contributed by atoms with van der Waals surface area (Å²) >= 11 is 1.47. The van der Waals surface area contributed by atoms with E-state index < -0.39 is 10.0 Å². The highest BCUT2D eigenvalue weighted by Crippen LogP contribution is 2.12. The number of hydrogen-bond acceptors (Lipinski definition) is 5. The summed E-state index contributed by atoms with van der Waals surface area (Å²) in [6.45, 7) is 2.13. The van der Waals surface area contributed by atoms with Crippen LogP contribution in [-0.2, 0) is 22.3 Å². The van der Waals surface area contributed by atoms with Gasteiger partial charge >= 0.3 is 0 Å². The van der Waals surface area contributed by atoms with Crippen molar-refractivity contribution < 1.29 is 8.42 Å². The number of thiazole rings is 1. The molecule has 0 atom stereocenters. The molecule has 0 aliphatic carbocycles. The van der Waals surface area contributed by atoms with Gasteiger partial charge in [0, 0.05) is 17.6 Å². The Labute approximate surface area is 122 Å². The number of aromatic nitrogens is 1. The Balaban J connectivity index is 1.98. The van der Waals surface area contributed by atoms with E-state index in [0.29, 0.717) is 11.1 Å². The maximum Gasteiger partial charge on any atom is 0.216 e. The number of nitrogens with zero attached hydrogens (tertiary/aromatic N) is 2. The molecule has 0 saturated heterocycles. The highest BCUT2D eigenvalue weighted by Gasteiger charge is 2.12. The fraction of sp³-hybridized carbons (Fsp3) is 0.231. The summed E-state index contributed by atoms with van der Waals surface area (Å²) in [6, 6.07) is 8.51. The molecule has 5 nitrogen and oxygen atoms in total. The molecule has 104 valence electrons. The molecule has 0 fully saturated rings. The van der Waals surface area contributed by atoms with Gasteiger partial charge in [0.1, 0.15) is 0 Å². The van der Waals surface area contributed by atoms with Crippen LogP contribution in [0, 0.1) is 18.3 Å². The molecule has 0 aliphatic heterocycles. The Kier molecular flexibility index (Phi) is 4.49.